The van der Waals surface area contributed by atoms with Gasteiger partial charge in [0.25, 0.3) is 0 Å². The van der Waals surface area contributed by atoms with Crippen molar-refractivity contribution in [2.24, 2.45) is 0 Å². The molecule has 0 bridgehead atoms. The fraction of sp³-hybridized carbons (Fsp3) is 0.458. The molecule has 2 amide bonds. The second kappa shape index (κ2) is 10.9. The lowest BCUT2D eigenvalue weighted by atomic mass is 10.1. The van der Waals surface area contributed by atoms with Gasteiger partial charge in [-0.3, -0.25) is 19.5 Å². The normalized spacial score (nSPS) is 16.1. The summed E-state index contributed by atoms with van der Waals surface area (Å²) in [6, 6.07) is 11.8. The van der Waals surface area contributed by atoms with E-state index in [0.717, 1.165) is 62.1 Å². The minimum Gasteiger partial charge on any atom is -0.324 e. The van der Waals surface area contributed by atoms with Crippen LogP contribution >= 0.6 is 0 Å². The Morgan fingerprint density at radius 2 is 1.73 bits per heavy atom. The van der Waals surface area contributed by atoms with E-state index in [2.05, 4.69) is 21.3 Å². The van der Waals surface area contributed by atoms with E-state index in [1.807, 2.05) is 42.2 Å². The SMILES string of the molecule is CC(=O)N1CCCCCCCN(CC(=O)Nc2ccc(C)nc2)Cc2ccccc21. The summed E-state index contributed by atoms with van der Waals surface area (Å²) in [5.41, 5.74) is 3.67. The number of carbonyl (C=O) groups excluding carboxylic acids is 2. The molecule has 6 heteroatoms. The van der Waals surface area contributed by atoms with E-state index in [0.29, 0.717) is 18.8 Å². The topological polar surface area (TPSA) is 65.5 Å². The van der Waals surface area contributed by atoms with Gasteiger partial charge in [0.2, 0.25) is 11.8 Å². The zero-order chi connectivity index (χ0) is 21.3. The molecule has 160 valence electrons. The van der Waals surface area contributed by atoms with Crippen LogP contribution in [0.2, 0.25) is 0 Å². The summed E-state index contributed by atoms with van der Waals surface area (Å²) >= 11 is 0. The fourth-order valence-electron chi connectivity index (χ4n) is 3.89. The molecule has 2 aromatic rings. The summed E-state index contributed by atoms with van der Waals surface area (Å²) in [6.07, 6.45) is 7.18. The van der Waals surface area contributed by atoms with Crippen LogP contribution in [0.1, 0.15) is 50.3 Å². The lowest BCUT2D eigenvalue weighted by molar-refractivity contribution is -0.118. The Morgan fingerprint density at radius 3 is 2.47 bits per heavy atom. The van der Waals surface area contributed by atoms with E-state index in [1.54, 1.807) is 13.1 Å². The van der Waals surface area contributed by atoms with E-state index < -0.39 is 0 Å². The van der Waals surface area contributed by atoms with Crippen LogP contribution in [0.25, 0.3) is 0 Å². The largest absolute Gasteiger partial charge is 0.324 e. The van der Waals surface area contributed by atoms with Gasteiger partial charge < -0.3 is 10.2 Å². The lowest BCUT2D eigenvalue weighted by Crippen LogP contribution is -2.35. The predicted octanol–water partition coefficient (Wildman–Crippen LogP) is 4.15. The highest BCUT2D eigenvalue weighted by Crippen LogP contribution is 2.24. The molecule has 0 unspecified atom stereocenters. The van der Waals surface area contributed by atoms with Gasteiger partial charge in [-0.15, -0.1) is 0 Å². The predicted molar refractivity (Wildman–Crippen MR) is 120 cm³/mol. The minimum atomic E-state index is -0.0475. The van der Waals surface area contributed by atoms with Crippen LogP contribution in [0.15, 0.2) is 42.6 Å². The third-order valence-corrected chi connectivity index (χ3v) is 5.47. The third kappa shape index (κ3) is 6.39. The van der Waals surface area contributed by atoms with Crippen LogP contribution in [0.4, 0.5) is 11.4 Å². The zero-order valence-corrected chi connectivity index (χ0v) is 18.1. The molecule has 0 saturated carbocycles. The van der Waals surface area contributed by atoms with Crippen LogP contribution in [0, 0.1) is 6.92 Å². The van der Waals surface area contributed by atoms with Gasteiger partial charge in [-0.05, 0) is 50.1 Å². The molecule has 1 aliphatic rings. The minimum absolute atomic E-state index is 0.0475. The number of hydrogen-bond acceptors (Lipinski definition) is 4. The van der Waals surface area contributed by atoms with Crippen LogP contribution in [-0.2, 0) is 16.1 Å². The standard InChI is InChI=1S/C24H32N4O2/c1-19-12-13-22(16-25-19)26-24(30)18-27-14-8-4-3-5-9-15-28(20(2)29)23-11-7-6-10-21(23)17-27/h6-7,10-13,16H,3-5,8-9,14-15,17-18H2,1-2H3,(H,26,30). The zero-order valence-electron chi connectivity index (χ0n) is 18.1. The van der Waals surface area contributed by atoms with E-state index in [9.17, 15) is 9.59 Å². The summed E-state index contributed by atoms with van der Waals surface area (Å²) in [4.78, 5) is 33.3. The number of aromatic nitrogens is 1. The van der Waals surface area contributed by atoms with Crippen LogP contribution < -0.4 is 10.2 Å². The molecule has 2 heterocycles. The molecule has 0 saturated heterocycles. The summed E-state index contributed by atoms with van der Waals surface area (Å²) < 4.78 is 0. The number of nitrogens with one attached hydrogen (secondary N) is 1. The Bertz CT molecular complexity index is 851. The van der Waals surface area contributed by atoms with Gasteiger partial charge in [0.1, 0.15) is 0 Å². The van der Waals surface area contributed by atoms with E-state index in [4.69, 9.17) is 0 Å². The summed E-state index contributed by atoms with van der Waals surface area (Å²) in [6.45, 7) is 6.09. The Balaban J connectivity index is 1.76. The molecule has 0 fully saturated rings. The molecule has 1 aliphatic heterocycles. The van der Waals surface area contributed by atoms with Gasteiger partial charge in [0.05, 0.1) is 18.4 Å². The summed E-state index contributed by atoms with van der Waals surface area (Å²) in [5.74, 6) is 0.0179. The Kier molecular flexibility index (Phi) is 7.97. The van der Waals surface area contributed by atoms with Gasteiger partial charge in [0, 0.05) is 31.4 Å². The number of carbonyl (C=O) groups is 2. The number of pyridine rings is 1. The molecule has 30 heavy (non-hydrogen) atoms. The Morgan fingerprint density at radius 1 is 1.00 bits per heavy atom. The second-order valence-corrected chi connectivity index (χ2v) is 8.01. The first kappa shape index (κ1) is 22.0. The van der Waals surface area contributed by atoms with Crippen molar-refractivity contribution in [2.45, 2.75) is 52.5 Å². The van der Waals surface area contributed by atoms with E-state index in [1.165, 1.54) is 0 Å². The number of para-hydroxylation sites is 1. The molecule has 1 N–H and O–H groups in total. The van der Waals surface area contributed by atoms with Gasteiger partial charge in [-0.25, -0.2) is 0 Å². The van der Waals surface area contributed by atoms with Gasteiger partial charge in [-0.1, -0.05) is 37.5 Å². The highest BCUT2D eigenvalue weighted by atomic mass is 16.2. The van der Waals surface area contributed by atoms with Crippen molar-refractivity contribution < 1.29 is 9.59 Å². The van der Waals surface area contributed by atoms with Crippen molar-refractivity contribution in [3.63, 3.8) is 0 Å². The maximum atomic E-state index is 12.7. The highest BCUT2D eigenvalue weighted by molar-refractivity contribution is 5.93. The highest BCUT2D eigenvalue weighted by Gasteiger charge is 2.19. The van der Waals surface area contributed by atoms with Crippen LogP contribution in [0.5, 0.6) is 0 Å². The first-order valence-corrected chi connectivity index (χ1v) is 10.8. The molecule has 0 radical (unpaired) electrons. The molecular formula is C24H32N4O2. The number of fused-ring (bicyclic) bond motifs is 1. The summed E-state index contributed by atoms with van der Waals surface area (Å²) in [7, 11) is 0. The molecule has 0 aliphatic carbocycles. The first-order valence-electron chi connectivity index (χ1n) is 10.8. The molecule has 6 nitrogen and oxygen atoms in total. The first-order chi connectivity index (χ1) is 14.5. The van der Waals surface area contributed by atoms with Gasteiger partial charge >= 0.3 is 0 Å². The molecular weight excluding hydrogens is 376 g/mol. The smallest absolute Gasteiger partial charge is 0.238 e. The second-order valence-electron chi connectivity index (χ2n) is 8.01. The van der Waals surface area contributed by atoms with Gasteiger partial charge in [0.15, 0.2) is 0 Å². The number of amides is 2. The maximum Gasteiger partial charge on any atom is 0.238 e. The molecule has 0 atom stereocenters. The number of benzene rings is 1. The molecule has 1 aromatic heterocycles. The lowest BCUT2D eigenvalue weighted by Gasteiger charge is -2.28. The van der Waals surface area contributed by atoms with Crippen molar-refractivity contribution in [1.82, 2.24) is 9.88 Å². The number of rotatable bonds is 3. The monoisotopic (exact) mass is 408 g/mol. The fourth-order valence-corrected chi connectivity index (χ4v) is 3.89. The number of aryl methyl sites for hydroxylation is 1. The maximum absolute atomic E-state index is 12.7. The number of nitrogens with zero attached hydrogens (tertiary/aromatic N) is 3. The van der Waals surface area contributed by atoms with Crippen molar-refractivity contribution in [1.29, 1.82) is 0 Å². The number of hydrogen-bond donors (Lipinski definition) is 1. The van der Waals surface area contributed by atoms with Crippen molar-refractivity contribution in [3.05, 3.63) is 53.9 Å². The molecule has 1 aromatic carbocycles. The average Bonchev–Trinajstić information content (AvgIpc) is 2.71. The quantitative estimate of drug-likeness (QED) is 0.829. The number of anilines is 2. The molecule has 0 spiro atoms. The molecule has 3 rings (SSSR count). The van der Waals surface area contributed by atoms with Gasteiger partial charge in [-0.2, -0.15) is 0 Å². The Labute approximate surface area is 179 Å². The van der Waals surface area contributed by atoms with E-state index >= 15 is 0 Å². The summed E-state index contributed by atoms with van der Waals surface area (Å²) in [5, 5.41) is 2.95. The van der Waals surface area contributed by atoms with Crippen molar-refractivity contribution in [3.8, 4) is 0 Å². The van der Waals surface area contributed by atoms with E-state index in [-0.39, 0.29) is 11.8 Å². The average molecular weight is 409 g/mol. The van der Waals surface area contributed by atoms with Crippen LogP contribution in [0.3, 0.4) is 0 Å². The van der Waals surface area contributed by atoms with Crippen LogP contribution in [-0.4, -0.2) is 41.3 Å². The Hall–Kier alpha value is -2.73. The van der Waals surface area contributed by atoms with Crippen molar-refractivity contribution in [2.75, 3.05) is 29.9 Å². The van der Waals surface area contributed by atoms with Crippen molar-refractivity contribution >= 4 is 23.2 Å². The third-order valence-electron chi connectivity index (χ3n) is 5.47.